The van der Waals surface area contributed by atoms with Crippen LogP contribution in [0.2, 0.25) is 0 Å². The van der Waals surface area contributed by atoms with Crippen molar-refractivity contribution in [2.75, 3.05) is 0 Å². The molecular weight excluding hydrogens is 265 g/mol. The molecule has 0 aliphatic rings. The Kier molecular flexibility index (Phi) is 5.26. The zero-order valence-electron chi connectivity index (χ0n) is 5.98. The summed E-state index contributed by atoms with van der Waals surface area (Å²) in [5.74, 6) is -5.65. The zero-order valence-corrected chi connectivity index (χ0v) is 6.97. The van der Waals surface area contributed by atoms with E-state index in [4.69, 9.17) is 0 Å². The van der Waals surface area contributed by atoms with E-state index < -0.39 is 30.0 Å². The molecule has 0 unspecified atom stereocenters. The molecule has 84 valence electrons. The smallest absolute Gasteiger partial charge is 0.869 e. The first-order valence-corrected chi connectivity index (χ1v) is 2.62. The van der Waals surface area contributed by atoms with Crippen molar-refractivity contribution in [3.8, 4) is 0 Å². The van der Waals surface area contributed by atoms with Crippen molar-refractivity contribution in [3.05, 3.63) is 11.8 Å². The van der Waals surface area contributed by atoms with Gasteiger partial charge in [0.2, 0.25) is 0 Å². The summed E-state index contributed by atoms with van der Waals surface area (Å²) < 4.78 is 67.8. The maximum Gasteiger partial charge on any atom is 2.00 e. The molecule has 2 nitrogen and oxygen atoms in total. The molecule has 0 atom stereocenters. The molecule has 0 heterocycles. The van der Waals surface area contributed by atoms with Crippen molar-refractivity contribution in [1.82, 2.24) is 0 Å². The van der Waals surface area contributed by atoms with E-state index >= 15 is 0 Å². The van der Waals surface area contributed by atoms with Gasteiger partial charge in [-0.2, -0.15) is 26.3 Å². The van der Waals surface area contributed by atoms with Gasteiger partial charge < -0.3 is 5.11 Å². The van der Waals surface area contributed by atoms with Crippen LogP contribution in [-0.4, -0.2) is 18.1 Å². The molecule has 0 N–H and O–H groups in total. The van der Waals surface area contributed by atoms with Gasteiger partial charge in [0, 0.05) is 0 Å². The van der Waals surface area contributed by atoms with Crippen LogP contribution >= 0.6 is 0 Å². The molecule has 0 aromatic carbocycles. The van der Waals surface area contributed by atoms with Crippen LogP contribution in [0.3, 0.4) is 0 Å². The third kappa shape index (κ3) is 5.11. The molecule has 9 heteroatoms. The fraction of sp³-hybridized carbons (Fsp3) is 0.400. The number of hydrogen-bond donors (Lipinski definition) is 0. The van der Waals surface area contributed by atoms with E-state index in [1.807, 2.05) is 0 Å². The quantitative estimate of drug-likeness (QED) is 0.306. The van der Waals surface area contributed by atoms with Crippen LogP contribution in [0.1, 0.15) is 0 Å². The van der Waals surface area contributed by atoms with Gasteiger partial charge >= 0.3 is 28.8 Å². The standard InChI is InChI=1S/C5H2F6O2.Ni/c6-4(7,8)2(12)1-3(13)5(9,10)11;/h1,12H;/q;+2/p-1/b2-1-;. The maximum absolute atomic E-state index is 11.3. The number of alkyl halides is 6. The summed E-state index contributed by atoms with van der Waals surface area (Å²) in [6, 6.07) is 0. The van der Waals surface area contributed by atoms with E-state index in [1.54, 1.807) is 0 Å². The number of ketones is 1. The number of hydrogen-bond acceptors (Lipinski definition) is 2. The molecule has 14 heavy (non-hydrogen) atoms. The summed E-state index contributed by atoms with van der Waals surface area (Å²) in [5, 5.41) is 9.82. The molecular formula is C5HF6NiO2+. The minimum absolute atomic E-state index is 0. The van der Waals surface area contributed by atoms with Gasteiger partial charge in [-0.05, 0) is 11.8 Å². The normalized spacial score (nSPS) is 13.4. The third-order valence-corrected chi connectivity index (χ3v) is 0.821. The van der Waals surface area contributed by atoms with E-state index in [9.17, 15) is 36.2 Å². The number of halogens is 6. The van der Waals surface area contributed by atoms with Crippen LogP contribution in [0.15, 0.2) is 11.8 Å². The second-order valence-corrected chi connectivity index (χ2v) is 1.87. The first kappa shape index (κ1) is 15.7. The SMILES string of the molecule is O=C(/C=C(\[O-])C(F)(F)F)C(F)(F)F.[Ni+2]. The molecule has 0 aliphatic heterocycles. The van der Waals surface area contributed by atoms with Crippen LogP contribution in [-0.2, 0) is 21.3 Å². The van der Waals surface area contributed by atoms with E-state index in [1.165, 1.54) is 0 Å². The summed E-state index contributed by atoms with van der Waals surface area (Å²) in [5.41, 5.74) is 0. The number of carbonyl (C=O) groups excluding carboxylic acids is 1. The van der Waals surface area contributed by atoms with Gasteiger partial charge in [0.15, 0.2) is 0 Å². The molecule has 0 fully saturated rings. The largest absolute Gasteiger partial charge is 2.00 e. The second kappa shape index (κ2) is 4.68. The van der Waals surface area contributed by atoms with Gasteiger partial charge in [0.1, 0.15) is 0 Å². The van der Waals surface area contributed by atoms with Crippen LogP contribution in [0.25, 0.3) is 0 Å². The third-order valence-electron chi connectivity index (χ3n) is 0.821. The van der Waals surface area contributed by atoms with Gasteiger partial charge in [-0.1, -0.05) is 0 Å². The Labute approximate surface area is 83.5 Å². The van der Waals surface area contributed by atoms with Crippen molar-refractivity contribution in [2.24, 2.45) is 0 Å². The first-order valence-electron chi connectivity index (χ1n) is 2.62. The van der Waals surface area contributed by atoms with Gasteiger partial charge in [-0.25, -0.2) is 0 Å². The Bertz CT molecular complexity index is 240. The van der Waals surface area contributed by atoms with Gasteiger partial charge in [-0.3, -0.25) is 4.79 Å². The molecule has 0 saturated heterocycles. The maximum atomic E-state index is 11.3. The van der Waals surface area contributed by atoms with Crippen LogP contribution in [0.4, 0.5) is 26.3 Å². The Morgan fingerprint density at radius 1 is 1.00 bits per heavy atom. The van der Waals surface area contributed by atoms with E-state index in [-0.39, 0.29) is 16.5 Å². The second-order valence-electron chi connectivity index (χ2n) is 1.87. The van der Waals surface area contributed by atoms with Crippen molar-refractivity contribution in [2.45, 2.75) is 12.4 Å². The molecule has 0 amide bonds. The molecule has 0 aromatic heterocycles. The number of allylic oxidation sites excluding steroid dienone is 2. The molecule has 0 saturated carbocycles. The first-order chi connectivity index (χ1) is 5.55. The summed E-state index contributed by atoms with van der Waals surface area (Å²) in [6.45, 7) is 0. The van der Waals surface area contributed by atoms with E-state index in [0.29, 0.717) is 0 Å². The number of carbonyl (C=O) groups is 1. The van der Waals surface area contributed by atoms with Crippen molar-refractivity contribution < 1.29 is 52.7 Å². The zero-order chi connectivity index (χ0) is 10.9. The minimum Gasteiger partial charge on any atom is -0.869 e. The number of rotatable bonds is 1. The van der Waals surface area contributed by atoms with Gasteiger partial charge in [-0.15, -0.1) is 0 Å². The van der Waals surface area contributed by atoms with Gasteiger partial charge in [0.05, 0.1) is 0 Å². The van der Waals surface area contributed by atoms with E-state index in [2.05, 4.69) is 0 Å². The topological polar surface area (TPSA) is 40.1 Å². The van der Waals surface area contributed by atoms with Crippen LogP contribution < -0.4 is 5.11 Å². The summed E-state index contributed by atoms with van der Waals surface area (Å²) in [7, 11) is 0. The fourth-order valence-corrected chi connectivity index (χ4v) is 0.283. The van der Waals surface area contributed by atoms with Crippen LogP contribution in [0.5, 0.6) is 0 Å². The Hall–Kier alpha value is -0.716. The molecule has 0 aromatic rings. The van der Waals surface area contributed by atoms with Crippen molar-refractivity contribution in [3.63, 3.8) is 0 Å². The molecule has 0 rings (SSSR count). The Morgan fingerprint density at radius 2 is 1.36 bits per heavy atom. The van der Waals surface area contributed by atoms with E-state index in [0.717, 1.165) is 0 Å². The van der Waals surface area contributed by atoms with Crippen molar-refractivity contribution in [1.29, 1.82) is 0 Å². The Balaban J connectivity index is 0. The Morgan fingerprint density at radius 3 is 1.57 bits per heavy atom. The predicted octanol–water partition coefficient (Wildman–Crippen LogP) is 0.922. The molecule has 0 spiro atoms. The minimum atomic E-state index is -5.46. The fourth-order valence-electron chi connectivity index (χ4n) is 0.283. The van der Waals surface area contributed by atoms with Crippen LogP contribution in [0, 0.1) is 0 Å². The molecule has 0 radical (unpaired) electrons. The monoisotopic (exact) mass is 265 g/mol. The van der Waals surface area contributed by atoms with Crippen molar-refractivity contribution >= 4 is 5.78 Å². The predicted molar refractivity (Wildman–Crippen MR) is 25.2 cm³/mol. The molecule has 0 bridgehead atoms. The average Bonchev–Trinajstić information content (AvgIpc) is 1.82. The summed E-state index contributed by atoms with van der Waals surface area (Å²) in [6.07, 6.45) is -11.9. The van der Waals surface area contributed by atoms with Gasteiger partial charge in [0.25, 0.3) is 5.78 Å². The summed E-state index contributed by atoms with van der Waals surface area (Å²) in [4.78, 5) is 9.82. The molecule has 0 aliphatic carbocycles. The average molecular weight is 266 g/mol. The summed E-state index contributed by atoms with van der Waals surface area (Å²) >= 11 is 0.